The van der Waals surface area contributed by atoms with E-state index in [9.17, 15) is 25.5 Å². The SMILES string of the molecule is C[C@H](/C=C/[C@H]1[C@H](C)C[C@H](O)CC1(C)C)O[C@H]1O[C@H](CO)[C@@H](O)[C@H](O)[C@H]1O. The zero-order chi connectivity index (χ0) is 19.6. The first kappa shape index (κ1) is 21.8. The normalized spacial score (nSPS) is 45.0. The van der Waals surface area contributed by atoms with Crippen molar-refractivity contribution in [3.8, 4) is 0 Å². The molecular formula is C19H34O7. The van der Waals surface area contributed by atoms with Crippen LogP contribution in [0.4, 0.5) is 0 Å². The molecule has 7 heteroatoms. The molecule has 0 aromatic rings. The Balaban J connectivity index is 1.99. The predicted octanol–water partition coefficient (Wildman–Crippen LogP) is 0.181. The second-order valence-corrected chi connectivity index (χ2v) is 8.51. The highest BCUT2D eigenvalue weighted by Gasteiger charge is 2.44. The number of hydrogen-bond donors (Lipinski definition) is 5. The lowest BCUT2D eigenvalue weighted by Gasteiger charge is -2.44. The Morgan fingerprint density at radius 3 is 2.38 bits per heavy atom. The van der Waals surface area contributed by atoms with Gasteiger partial charge in [-0.25, -0.2) is 0 Å². The van der Waals surface area contributed by atoms with Crippen molar-refractivity contribution >= 4 is 0 Å². The Kier molecular flexibility index (Phi) is 7.23. The fourth-order valence-corrected chi connectivity index (χ4v) is 4.34. The molecular weight excluding hydrogens is 340 g/mol. The molecule has 1 saturated heterocycles. The number of aliphatic hydroxyl groups is 5. The van der Waals surface area contributed by atoms with Gasteiger partial charge in [-0.15, -0.1) is 0 Å². The maximum atomic E-state index is 10.0. The summed E-state index contributed by atoms with van der Waals surface area (Å²) < 4.78 is 11.0. The van der Waals surface area contributed by atoms with Crippen molar-refractivity contribution < 1.29 is 35.0 Å². The third-order valence-corrected chi connectivity index (χ3v) is 5.71. The van der Waals surface area contributed by atoms with E-state index in [1.165, 1.54) is 0 Å². The summed E-state index contributed by atoms with van der Waals surface area (Å²) in [4.78, 5) is 0. The molecule has 2 rings (SSSR count). The Hall–Kier alpha value is -0.540. The van der Waals surface area contributed by atoms with Crippen LogP contribution < -0.4 is 0 Å². The fourth-order valence-electron chi connectivity index (χ4n) is 4.34. The van der Waals surface area contributed by atoms with Crippen LogP contribution in [0.1, 0.15) is 40.5 Å². The third-order valence-electron chi connectivity index (χ3n) is 5.71. The van der Waals surface area contributed by atoms with E-state index in [1.54, 1.807) is 6.92 Å². The monoisotopic (exact) mass is 374 g/mol. The van der Waals surface area contributed by atoms with E-state index in [4.69, 9.17) is 9.47 Å². The average molecular weight is 374 g/mol. The van der Waals surface area contributed by atoms with E-state index >= 15 is 0 Å². The summed E-state index contributed by atoms with van der Waals surface area (Å²) in [5.41, 5.74) is -0.0313. The second-order valence-electron chi connectivity index (χ2n) is 8.51. The van der Waals surface area contributed by atoms with E-state index in [0.29, 0.717) is 5.92 Å². The maximum Gasteiger partial charge on any atom is 0.187 e. The van der Waals surface area contributed by atoms with E-state index in [2.05, 4.69) is 26.8 Å². The molecule has 5 N–H and O–H groups in total. The van der Waals surface area contributed by atoms with E-state index in [-0.39, 0.29) is 17.4 Å². The van der Waals surface area contributed by atoms with Crippen molar-refractivity contribution in [3.05, 3.63) is 12.2 Å². The smallest absolute Gasteiger partial charge is 0.187 e. The lowest BCUT2D eigenvalue weighted by molar-refractivity contribution is -0.306. The van der Waals surface area contributed by atoms with Gasteiger partial charge in [0.05, 0.1) is 18.8 Å². The number of allylic oxidation sites excluding steroid dienone is 1. The maximum absolute atomic E-state index is 10.0. The summed E-state index contributed by atoms with van der Waals surface area (Å²) in [6.07, 6.45) is -1.53. The van der Waals surface area contributed by atoms with Crippen LogP contribution in [-0.4, -0.2) is 75.1 Å². The molecule has 152 valence electrons. The Bertz CT molecular complexity index is 479. The minimum atomic E-state index is -1.44. The highest BCUT2D eigenvalue weighted by molar-refractivity contribution is 5.03. The molecule has 0 spiro atoms. The van der Waals surface area contributed by atoms with Gasteiger partial charge in [0.25, 0.3) is 0 Å². The molecule has 0 aromatic heterocycles. The summed E-state index contributed by atoms with van der Waals surface area (Å²) in [7, 11) is 0. The van der Waals surface area contributed by atoms with Crippen molar-refractivity contribution in [2.75, 3.05) is 6.61 Å². The minimum Gasteiger partial charge on any atom is -0.394 e. The van der Waals surface area contributed by atoms with Crippen LogP contribution in [0, 0.1) is 17.3 Å². The quantitative estimate of drug-likeness (QED) is 0.436. The zero-order valence-corrected chi connectivity index (χ0v) is 16.0. The van der Waals surface area contributed by atoms with Gasteiger partial charge in [0.2, 0.25) is 0 Å². The fraction of sp³-hybridized carbons (Fsp3) is 0.895. The lowest BCUT2D eigenvalue weighted by atomic mass is 9.63. The standard InChI is InChI=1S/C19H34O7/c1-10-7-12(21)8-19(3,4)13(10)6-5-11(2)25-18-17(24)16(23)15(22)14(9-20)26-18/h5-6,10-18,20-24H,7-9H2,1-4H3/b6-5+/t10-,11-,12+,13+,14-,15-,16+,17-,18+/m1/s1. The van der Waals surface area contributed by atoms with Gasteiger partial charge in [0.15, 0.2) is 6.29 Å². The number of rotatable bonds is 5. The molecule has 1 heterocycles. The van der Waals surface area contributed by atoms with Gasteiger partial charge in [-0.2, -0.15) is 0 Å². The van der Waals surface area contributed by atoms with Crippen LogP contribution >= 0.6 is 0 Å². The van der Waals surface area contributed by atoms with Crippen LogP contribution in [0.15, 0.2) is 12.2 Å². The van der Waals surface area contributed by atoms with E-state index in [0.717, 1.165) is 12.8 Å². The van der Waals surface area contributed by atoms with Crippen LogP contribution in [-0.2, 0) is 9.47 Å². The van der Waals surface area contributed by atoms with Crippen molar-refractivity contribution in [3.63, 3.8) is 0 Å². The van der Waals surface area contributed by atoms with Gasteiger partial charge in [-0.3, -0.25) is 0 Å². The lowest BCUT2D eigenvalue weighted by Crippen LogP contribution is -2.59. The molecule has 9 atom stereocenters. The molecule has 2 aliphatic rings. The molecule has 7 nitrogen and oxygen atoms in total. The van der Waals surface area contributed by atoms with Crippen LogP contribution in [0.2, 0.25) is 0 Å². The van der Waals surface area contributed by atoms with Gasteiger partial charge in [0.1, 0.15) is 24.4 Å². The minimum absolute atomic E-state index is 0.0313. The predicted molar refractivity (Wildman–Crippen MR) is 95.1 cm³/mol. The molecule has 1 saturated carbocycles. The highest BCUT2D eigenvalue weighted by Crippen LogP contribution is 2.44. The first-order chi connectivity index (χ1) is 12.1. The molecule has 0 amide bonds. The van der Waals surface area contributed by atoms with Crippen molar-refractivity contribution in [2.24, 2.45) is 17.3 Å². The topological polar surface area (TPSA) is 120 Å². The third kappa shape index (κ3) is 4.84. The number of aliphatic hydroxyl groups excluding tert-OH is 5. The molecule has 2 fully saturated rings. The summed E-state index contributed by atoms with van der Waals surface area (Å²) in [6.45, 7) is 7.73. The number of ether oxygens (including phenoxy) is 2. The van der Waals surface area contributed by atoms with Crippen LogP contribution in [0.5, 0.6) is 0 Å². The average Bonchev–Trinajstić information content (AvgIpc) is 2.53. The first-order valence-corrected chi connectivity index (χ1v) is 9.39. The molecule has 1 aliphatic heterocycles. The molecule has 0 unspecified atom stereocenters. The van der Waals surface area contributed by atoms with Gasteiger partial charge in [-0.05, 0) is 37.0 Å². The summed E-state index contributed by atoms with van der Waals surface area (Å²) >= 11 is 0. The molecule has 0 radical (unpaired) electrons. The van der Waals surface area contributed by atoms with Gasteiger partial charge < -0.3 is 35.0 Å². The van der Waals surface area contributed by atoms with Gasteiger partial charge in [-0.1, -0.05) is 32.9 Å². The number of hydrogen-bond acceptors (Lipinski definition) is 7. The van der Waals surface area contributed by atoms with Crippen molar-refractivity contribution in [2.45, 2.75) is 83.5 Å². The summed E-state index contributed by atoms with van der Waals surface area (Å²) in [5, 5.41) is 48.9. The second kappa shape index (κ2) is 8.65. The zero-order valence-electron chi connectivity index (χ0n) is 16.0. The summed E-state index contributed by atoms with van der Waals surface area (Å²) in [5.74, 6) is 0.621. The largest absolute Gasteiger partial charge is 0.394 e. The van der Waals surface area contributed by atoms with Gasteiger partial charge >= 0.3 is 0 Å². The highest BCUT2D eigenvalue weighted by atomic mass is 16.7. The molecule has 26 heavy (non-hydrogen) atoms. The Labute approximate surface area is 155 Å². The Morgan fingerprint density at radius 1 is 1.15 bits per heavy atom. The van der Waals surface area contributed by atoms with Crippen LogP contribution in [0.3, 0.4) is 0 Å². The van der Waals surface area contributed by atoms with Crippen molar-refractivity contribution in [1.82, 2.24) is 0 Å². The van der Waals surface area contributed by atoms with E-state index < -0.39 is 43.4 Å². The molecule has 0 bridgehead atoms. The van der Waals surface area contributed by atoms with E-state index in [1.807, 2.05) is 6.08 Å². The summed E-state index contributed by atoms with van der Waals surface area (Å²) in [6, 6.07) is 0. The first-order valence-electron chi connectivity index (χ1n) is 9.39. The van der Waals surface area contributed by atoms with Crippen molar-refractivity contribution in [1.29, 1.82) is 0 Å². The Morgan fingerprint density at radius 2 is 1.81 bits per heavy atom. The van der Waals surface area contributed by atoms with Crippen LogP contribution in [0.25, 0.3) is 0 Å². The molecule has 0 aromatic carbocycles. The van der Waals surface area contributed by atoms with Gasteiger partial charge in [0, 0.05) is 0 Å². The molecule has 1 aliphatic carbocycles.